The van der Waals surface area contributed by atoms with Gasteiger partial charge in [-0.2, -0.15) is 0 Å². The first kappa shape index (κ1) is 32.4. The number of halogens is 1. The highest BCUT2D eigenvalue weighted by Crippen LogP contribution is 2.26. The number of nitrogen functional groups attached to an aromatic ring is 1. The molecule has 0 saturated carbocycles. The predicted molar refractivity (Wildman–Crippen MR) is 164 cm³/mol. The van der Waals surface area contributed by atoms with Gasteiger partial charge in [0.05, 0.1) is 30.4 Å². The van der Waals surface area contributed by atoms with Gasteiger partial charge >= 0.3 is 0 Å². The average molecular weight is 639 g/mol. The molecule has 1 aromatic heterocycles. The van der Waals surface area contributed by atoms with Crippen molar-refractivity contribution in [1.29, 1.82) is 5.41 Å². The standard InChI is InChI=1S/C28H39ClN6O5S2/c1-42(38,39)34-23(8-4-18-10-12-32-13-11-18)28(37)35-16-21(40-17-19-2-5-20(29)6-3-19)14-24(35)27(36)33-15-22-7-9-25(41-22)26(30)31/h2-3,5-7,9,18,21,23-24,32,34H,4,8,10-17H2,1H3,(H3,30,31)(H,33,36)/t21-,23-,24+/m1/s1. The van der Waals surface area contributed by atoms with E-state index >= 15 is 0 Å². The summed E-state index contributed by atoms with van der Waals surface area (Å²) in [7, 11) is -3.68. The number of amides is 2. The Kier molecular flexibility index (Phi) is 11.4. The molecule has 2 fully saturated rings. The maximum Gasteiger partial charge on any atom is 0.243 e. The van der Waals surface area contributed by atoms with E-state index < -0.39 is 34.1 Å². The highest BCUT2D eigenvalue weighted by Gasteiger charge is 2.42. The van der Waals surface area contributed by atoms with Crippen molar-refractivity contribution in [3.63, 3.8) is 0 Å². The molecule has 0 aliphatic carbocycles. The van der Waals surface area contributed by atoms with Gasteiger partial charge in [0.15, 0.2) is 0 Å². The molecule has 14 heteroatoms. The highest BCUT2D eigenvalue weighted by atomic mass is 35.5. The van der Waals surface area contributed by atoms with Gasteiger partial charge in [-0.1, -0.05) is 23.7 Å². The predicted octanol–water partition coefficient (Wildman–Crippen LogP) is 2.19. The van der Waals surface area contributed by atoms with E-state index in [0.717, 1.165) is 42.6 Å². The Morgan fingerprint density at radius 3 is 2.57 bits per heavy atom. The lowest BCUT2D eigenvalue weighted by molar-refractivity contribution is -0.140. The molecule has 0 radical (unpaired) electrons. The molecule has 2 amide bonds. The van der Waals surface area contributed by atoms with E-state index in [1.807, 2.05) is 12.1 Å². The summed E-state index contributed by atoms with van der Waals surface area (Å²) in [5, 5.41) is 14.4. The molecule has 1 aromatic carbocycles. The molecule has 3 heterocycles. The summed E-state index contributed by atoms with van der Waals surface area (Å²) in [6, 6.07) is 8.97. The second-order valence-electron chi connectivity index (χ2n) is 10.9. The van der Waals surface area contributed by atoms with Crippen molar-refractivity contribution in [2.75, 3.05) is 25.9 Å². The number of nitrogens with one attached hydrogen (secondary N) is 4. The number of hydrogen-bond acceptors (Lipinski definition) is 8. The molecule has 2 aromatic rings. The summed E-state index contributed by atoms with van der Waals surface area (Å²) >= 11 is 7.30. The average Bonchev–Trinajstić information content (AvgIpc) is 3.61. The summed E-state index contributed by atoms with van der Waals surface area (Å²) in [5.74, 6) is -0.418. The van der Waals surface area contributed by atoms with Gasteiger partial charge in [0, 0.05) is 22.9 Å². The SMILES string of the molecule is CS(=O)(=O)N[C@H](CCC1CCNCC1)C(=O)N1C[C@H](OCc2ccc(Cl)cc2)C[C@H]1C(=O)NCc1ccc(C(=N)N)s1. The number of piperidine rings is 1. The maximum absolute atomic E-state index is 13.9. The van der Waals surface area contributed by atoms with Crippen LogP contribution in [0.25, 0.3) is 0 Å². The fourth-order valence-electron chi connectivity index (χ4n) is 5.38. The van der Waals surface area contributed by atoms with Crippen LogP contribution in [0.2, 0.25) is 5.02 Å². The number of sulfonamides is 1. The van der Waals surface area contributed by atoms with Gasteiger partial charge in [-0.15, -0.1) is 11.3 Å². The number of likely N-dealkylation sites (tertiary alicyclic amines) is 1. The summed E-state index contributed by atoms with van der Waals surface area (Å²) in [5.41, 5.74) is 6.47. The first-order valence-corrected chi connectivity index (χ1v) is 17.1. The normalized spacial score (nSPS) is 20.4. The Bertz CT molecular complexity index is 1350. The number of hydrogen-bond donors (Lipinski definition) is 5. The number of carbonyl (C=O) groups is 2. The van der Waals surface area contributed by atoms with E-state index in [9.17, 15) is 18.0 Å². The maximum atomic E-state index is 13.9. The minimum absolute atomic E-state index is 0.0419. The van der Waals surface area contributed by atoms with E-state index in [1.165, 1.54) is 16.2 Å². The number of carbonyl (C=O) groups excluding carboxylic acids is 2. The molecular formula is C28H39ClN6O5S2. The van der Waals surface area contributed by atoms with E-state index in [1.54, 1.807) is 24.3 Å². The number of ether oxygens (including phenoxy) is 1. The number of rotatable bonds is 13. The smallest absolute Gasteiger partial charge is 0.243 e. The third-order valence-electron chi connectivity index (χ3n) is 7.59. The van der Waals surface area contributed by atoms with Crippen LogP contribution < -0.4 is 21.1 Å². The molecule has 230 valence electrons. The van der Waals surface area contributed by atoms with Crippen LogP contribution in [0.4, 0.5) is 0 Å². The van der Waals surface area contributed by atoms with Crippen LogP contribution in [-0.4, -0.2) is 75.0 Å². The van der Waals surface area contributed by atoms with Crippen molar-refractivity contribution in [2.45, 2.75) is 63.4 Å². The van der Waals surface area contributed by atoms with E-state index in [2.05, 4.69) is 15.4 Å². The van der Waals surface area contributed by atoms with Gasteiger partial charge in [0.25, 0.3) is 0 Å². The lowest BCUT2D eigenvalue weighted by Gasteiger charge is -2.29. The molecule has 2 saturated heterocycles. The molecule has 6 N–H and O–H groups in total. The molecule has 2 aliphatic heterocycles. The van der Waals surface area contributed by atoms with E-state index in [4.69, 9.17) is 27.5 Å². The molecule has 4 rings (SSSR count). The van der Waals surface area contributed by atoms with Crippen LogP contribution in [0, 0.1) is 11.3 Å². The van der Waals surface area contributed by atoms with Gasteiger partial charge in [-0.05, 0) is 74.5 Å². The van der Waals surface area contributed by atoms with Crippen LogP contribution in [0.15, 0.2) is 36.4 Å². The van der Waals surface area contributed by atoms with Crippen molar-refractivity contribution in [3.05, 3.63) is 56.7 Å². The molecule has 3 atom stereocenters. The quantitative estimate of drug-likeness (QED) is 0.166. The number of nitrogens with zero attached hydrogens (tertiary/aromatic N) is 1. The van der Waals surface area contributed by atoms with E-state index in [-0.39, 0.29) is 37.9 Å². The minimum Gasteiger partial charge on any atom is -0.383 e. The van der Waals surface area contributed by atoms with Crippen molar-refractivity contribution in [2.24, 2.45) is 11.7 Å². The minimum atomic E-state index is -3.68. The third-order valence-corrected chi connectivity index (χ3v) is 9.67. The zero-order valence-electron chi connectivity index (χ0n) is 23.6. The van der Waals surface area contributed by atoms with Crippen LogP contribution in [0.1, 0.15) is 47.4 Å². The van der Waals surface area contributed by atoms with Crippen molar-refractivity contribution in [3.8, 4) is 0 Å². The molecule has 0 spiro atoms. The van der Waals surface area contributed by atoms with Crippen molar-refractivity contribution in [1.82, 2.24) is 20.3 Å². The number of amidine groups is 1. The monoisotopic (exact) mass is 638 g/mol. The summed E-state index contributed by atoms with van der Waals surface area (Å²) < 4.78 is 33.2. The topological polar surface area (TPSA) is 167 Å². The summed E-state index contributed by atoms with van der Waals surface area (Å²) in [6.45, 7) is 2.46. The van der Waals surface area contributed by atoms with Crippen molar-refractivity contribution >= 4 is 50.6 Å². The second-order valence-corrected chi connectivity index (χ2v) is 14.3. The van der Waals surface area contributed by atoms with Gasteiger partial charge in [0.2, 0.25) is 21.8 Å². The fraction of sp³-hybridized carbons (Fsp3) is 0.536. The number of benzene rings is 1. The fourth-order valence-corrected chi connectivity index (χ4v) is 7.05. The van der Waals surface area contributed by atoms with E-state index in [0.29, 0.717) is 28.7 Å². The molecule has 42 heavy (non-hydrogen) atoms. The Morgan fingerprint density at radius 2 is 1.93 bits per heavy atom. The highest BCUT2D eigenvalue weighted by molar-refractivity contribution is 7.88. The zero-order valence-corrected chi connectivity index (χ0v) is 26.0. The number of nitrogens with two attached hydrogens (primary N) is 1. The van der Waals surface area contributed by atoms with Crippen LogP contribution >= 0.6 is 22.9 Å². The lowest BCUT2D eigenvalue weighted by atomic mass is 9.91. The molecule has 0 unspecified atom stereocenters. The summed E-state index contributed by atoms with van der Waals surface area (Å²) in [6.07, 6.45) is 3.90. The Morgan fingerprint density at radius 1 is 1.21 bits per heavy atom. The Balaban J connectivity index is 1.48. The second kappa shape index (κ2) is 14.8. The Hall–Kier alpha value is -2.55. The first-order chi connectivity index (χ1) is 20.0. The number of thiophene rings is 1. The van der Waals surface area contributed by atoms with Gasteiger partial charge in [-0.3, -0.25) is 15.0 Å². The van der Waals surface area contributed by atoms with Gasteiger partial charge in [0.1, 0.15) is 17.9 Å². The first-order valence-electron chi connectivity index (χ1n) is 14.0. The van der Waals surface area contributed by atoms with Gasteiger partial charge < -0.3 is 26.0 Å². The van der Waals surface area contributed by atoms with Crippen LogP contribution in [0.3, 0.4) is 0 Å². The third kappa shape index (κ3) is 9.48. The van der Waals surface area contributed by atoms with Crippen molar-refractivity contribution < 1.29 is 22.7 Å². The van der Waals surface area contributed by atoms with Crippen LogP contribution in [0.5, 0.6) is 0 Å². The largest absolute Gasteiger partial charge is 0.383 e. The molecule has 0 bridgehead atoms. The zero-order chi connectivity index (χ0) is 30.3. The molecule has 11 nitrogen and oxygen atoms in total. The van der Waals surface area contributed by atoms with Crippen LogP contribution in [-0.2, 0) is 37.5 Å². The Labute approximate surface area is 256 Å². The molecular weight excluding hydrogens is 600 g/mol. The molecule has 2 aliphatic rings. The van der Waals surface area contributed by atoms with Gasteiger partial charge in [-0.25, -0.2) is 13.1 Å². The lowest BCUT2D eigenvalue weighted by Crippen LogP contribution is -2.53. The summed E-state index contributed by atoms with van der Waals surface area (Å²) in [4.78, 5) is 30.3.